The highest BCUT2D eigenvalue weighted by Gasteiger charge is 2.14. The molecule has 0 unspecified atom stereocenters. The van der Waals surface area contributed by atoms with Crippen LogP contribution in [0.5, 0.6) is 0 Å². The van der Waals surface area contributed by atoms with Gasteiger partial charge in [0, 0.05) is 16.2 Å². The summed E-state index contributed by atoms with van der Waals surface area (Å²) >= 11 is 0. The van der Waals surface area contributed by atoms with Gasteiger partial charge < -0.3 is 4.40 Å². The molecule has 29 heavy (non-hydrogen) atoms. The minimum Gasteiger partial charge on any atom is -0.309 e. The lowest BCUT2D eigenvalue weighted by Crippen LogP contribution is -1.92. The minimum atomic E-state index is 1.26. The van der Waals surface area contributed by atoms with Gasteiger partial charge in [0.2, 0.25) is 0 Å². The SMILES string of the molecule is c1ccc2cc3c(cc2c1)c1ccc2ccccc2c1c1cc2ccccc2n31. The fourth-order valence-corrected chi connectivity index (χ4v) is 5.00. The molecule has 0 saturated heterocycles. The second-order valence-electron chi connectivity index (χ2n) is 7.85. The van der Waals surface area contributed by atoms with E-state index in [1.54, 1.807) is 0 Å². The van der Waals surface area contributed by atoms with Crippen molar-refractivity contribution in [1.29, 1.82) is 0 Å². The first-order valence-corrected chi connectivity index (χ1v) is 10.0. The van der Waals surface area contributed by atoms with E-state index in [4.69, 9.17) is 0 Å². The van der Waals surface area contributed by atoms with Gasteiger partial charge in [0.05, 0.1) is 16.6 Å². The number of nitrogens with zero attached hydrogens (tertiary/aromatic N) is 1. The van der Waals surface area contributed by atoms with Gasteiger partial charge in [-0.2, -0.15) is 0 Å². The highest BCUT2D eigenvalue weighted by Crippen LogP contribution is 2.39. The van der Waals surface area contributed by atoms with E-state index in [0.29, 0.717) is 0 Å². The number of aromatic nitrogens is 1. The van der Waals surface area contributed by atoms with E-state index < -0.39 is 0 Å². The lowest BCUT2D eigenvalue weighted by atomic mass is 9.97. The van der Waals surface area contributed by atoms with E-state index in [2.05, 4.69) is 108 Å². The molecule has 0 aliphatic heterocycles. The molecule has 0 bridgehead atoms. The van der Waals surface area contributed by atoms with Crippen molar-refractivity contribution < 1.29 is 0 Å². The van der Waals surface area contributed by atoms with Crippen LogP contribution in [0.4, 0.5) is 0 Å². The third-order valence-electron chi connectivity index (χ3n) is 6.29. The molecule has 7 aromatic rings. The Morgan fingerprint density at radius 2 is 1.03 bits per heavy atom. The maximum atomic E-state index is 2.45. The first-order valence-electron chi connectivity index (χ1n) is 10.0. The number of fused-ring (bicyclic) bond motifs is 11. The number of hydrogen-bond donors (Lipinski definition) is 0. The Morgan fingerprint density at radius 1 is 0.379 bits per heavy atom. The van der Waals surface area contributed by atoms with Crippen LogP contribution in [0.15, 0.2) is 103 Å². The lowest BCUT2D eigenvalue weighted by molar-refractivity contribution is 1.35. The number of rotatable bonds is 0. The normalized spacial score (nSPS) is 12.1. The standard InChI is InChI=1S/C28H17N/c1-2-9-20-16-26-24(15-19(20)8-1)23-14-13-18-7-3-5-11-22(18)28(23)27-17-21-10-4-6-12-25(21)29(26)27/h1-17H. The minimum absolute atomic E-state index is 1.26. The van der Waals surface area contributed by atoms with Gasteiger partial charge in [-0.3, -0.25) is 0 Å². The van der Waals surface area contributed by atoms with Gasteiger partial charge in [-0.15, -0.1) is 0 Å². The monoisotopic (exact) mass is 367 g/mol. The summed E-state index contributed by atoms with van der Waals surface area (Å²) in [6.07, 6.45) is 0. The van der Waals surface area contributed by atoms with Gasteiger partial charge >= 0.3 is 0 Å². The van der Waals surface area contributed by atoms with Crippen LogP contribution in [0.3, 0.4) is 0 Å². The first kappa shape index (κ1) is 15.1. The summed E-state index contributed by atoms with van der Waals surface area (Å²) in [5.74, 6) is 0. The molecule has 0 saturated carbocycles. The summed E-state index contributed by atoms with van der Waals surface area (Å²) in [5.41, 5.74) is 3.81. The van der Waals surface area contributed by atoms with E-state index in [1.165, 1.54) is 59.6 Å². The topological polar surface area (TPSA) is 4.41 Å². The zero-order valence-corrected chi connectivity index (χ0v) is 15.8. The number of para-hydroxylation sites is 1. The largest absolute Gasteiger partial charge is 0.309 e. The maximum absolute atomic E-state index is 2.45. The molecule has 7 rings (SSSR count). The molecule has 0 spiro atoms. The molecule has 134 valence electrons. The van der Waals surface area contributed by atoms with Crippen LogP contribution in [0.1, 0.15) is 0 Å². The summed E-state index contributed by atoms with van der Waals surface area (Å²) in [6, 6.07) is 37.7. The first-order chi connectivity index (χ1) is 14.4. The van der Waals surface area contributed by atoms with Crippen molar-refractivity contribution in [3.8, 4) is 0 Å². The third-order valence-corrected chi connectivity index (χ3v) is 6.29. The van der Waals surface area contributed by atoms with Gasteiger partial charge in [-0.25, -0.2) is 0 Å². The molecule has 1 nitrogen and oxygen atoms in total. The fourth-order valence-electron chi connectivity index (χ4n) is 5.00. The van der Waals surface area contributed by atoms with Crippen LogP contribution >= 0.6 is 0 Å². The Bertz CT molecular complexity index is 1750. The predicted octanol–water partition coefficient (Wildman–Crippen LogP) is 7.71. The Morgan fingerprint density at radius 3 is 1.90 bits per heavy atom. The quantitative estimate of drug-likeness (QED) is 0.191. The molecular weight excluding hydrogens is 350 g/mol. The Hall–Kier alpha value is -3.84. The zero-order chi connectivity index (χ0) is 18.9. The molecule has 0 fully saturated rings. The van der Waals surface area contributed by atoms with Crippen molar-refractivity contribution in [2.75, 3.05) is 0 Å². The van der Waals surface area contributed by atoms with Crippen LogP contribution in [0, 0.1) is 0 Å². The van der Waals surface area contributed by atoms with Crippen molar-refractivity contribution in [1.82, 2.24) is 4.40 Å². The Kier molecular flexibility index (Phi) is 2.80. The van der Waals surface area contributed by atoms with Gasteiger partial charge in [-0.05, 0) is 51.2 Å². The van der Waals surface area contributed by atoms with Crippen molar-refractivity contribution in [3.05, 3.63) is 103 Å². The highest BCUT2D eigenvalue weighted by atomic mass is 14.9. The molecule has 0 aliphatic carbocycles. The molecule has 0 amide bonds. The van der Waals surface area contributed by atoms with Gasteiger partial charge in [0.1, 0.15) is 0 Å². The summed E-state index contributed by atoms with van der Waals surface area (Å²) in [7, 11) is 0. The second-order valence-corrected chi connectivity index (χ2v) is 7.85. The number of benzene rings is 5. The van der Waals surface area contributed by atoms with Crippen LogP contribution in [0.2, 0.25) is 0 Å². The van der Waals surface area contributed by atoms with Crippen molar-refractivity contribution in [2.24, 2.45) is 0 Å². The summed E-state index contributed by atoms with van der Waals surface area (Å²) < 4.78 is 2.45. The molecule has 1 heteroatoms. The van der Waals surface area contributed by atoms with Gasteiger partial charge in [-0.1, -0.05) is 78.9 Å². The molecule has 0 atom stereocenters. The molecule has 2 aromatic heterocycles. The van der Waals surface area contributed by atoms with Gasteiger partial charge in [0.25, 0.3) is 0 Å². The number of pyridine rings is 1. The van der Waals surface area contributed by atoms with E-state index in [1.807, 2.05) is 0 Å². The van der Waals surface area contributed by atoms with Crippen molar-refractivity contribution in [3.63, 3.8) is 0 Å². The second kappa shape index (κ2) is 5.36. The maximum Gasteiger partial charge on any atom is 0.0553 e. The summed E-state index contributed by atoms with van der Waals surface area (Å²) in [4.78, 5) is 0. The van der Waals surface area contributed by atoms with Crippen molar-refractivity contribution >= 4 is 59.6 Å². The zero-order valence-electron chi connectivity index (χ0n) is 15.8. The average Bonchev–Trinajstić information content (AvgIpc) is 3.17. The van der Waals surface area contributed by atoms with E-state index in [-0.39, 0.29) is 0 Å². The van der Waals surface area contributed by atoms with Crippen molar-refractivity contribution in [2.45, 2.75) is 0 Å². The Labute approximate surface area is 167 Å². The molecular formula is C28H17N. The summed E-state index contributed by atoms with van der Waals surface area (Å²) in [5, 5.41) is 10.4. The van der Waals surface area contributed by atoms with E-state index in [9.17, 15) is 0 Å². The van der Waals surface area contributed by atoms with Crippen LogP contribution in [-0.2, 0) is 0 Å². The van der Waals surface area contributed by atoms with Crippen LogP contribution in [0.25, 0.3) is 59.6 Å². The third kappa shape index (κ3) is 1.94. The van der Waals surface area contributed by atoms with Crippen LogP contribution in [-0.4, -0.2) is 4.40 Å². The predicted molar refractivity (Wildman–Crippen MR) is 125 cm³/mol. The molecule has 5 aromatic carbocycles. The smallest absolute Gasteiger partial charge is 0.0553 e. The molecule has 0 aliphatic rings. The average molecular weight is 367 g/mol. The molecule has 0 radical (unpaired) electrons. The van der Waals surface area contributed by atoms with E-state index in [0.717, 1.165) is 0 Å². The van der Waals surface area contributed by atoms with Gasteiger partial charge in [0.15, 0.2) is 0 Å². The van der Waals surface area contributed by atoms with E-state index >= 15 is 0 Å². The molecule has 0 N–H and O–H groups in total. The van der Waals surface area contributed by atoms with Crippen LogP contribution < -0.4 is 0 Å². The highest BCUT2D eigenvalue weighted by molar-refractivity contribution is 6.25. The summed E-state index contributed by atoms with van der Waals surface area (Å²) in [6.45, 7) is 0. The lowest BCUT2D eigenvalue weighted by Gasteiger charge is -2.13. The number of hydrogen-bond acceptors (Lipinski definition) is 0. The fraction of sp³-hybridized carbons (Fsp3) is 0. The molecule has 2 heterocycles. The Balaban J connectivity index is 1.90.